The molecule has 0 bridgehead atoms. The highest BCUT2D eigenvalue weighted by Crippen LogP contribution is 2.27. The Kier molecular flexibility index (Phi) is 5.61. The van der Waals surface area contributed by atoms with Gasteiger partial charge in [0.25, 0.3) is 0 Å². The van der Waals surface area contributed by atoms with Crippen molar-refractivity contribution in [2.45, 2.75) is 13.5 Å². The molecule has 4 heteroatoms. The molecule has 0 saturated carbocycles. The van der Waals surface area contributed by atoms with Crippen molar-refractivity contribution >= 4 is 27.8 Å². The summed E-state index contributed by atoms with van der Waals surface area (Å²) in [6.45, 7) is 2.35. The first-order valence-corrected chi connectivity index (χ1v) is 8.67. The summed E-state index contributed by atoms with van der Waals surface area (Å²) >= 11 is 3.52. The molecule has 0 saturated heterocycles. The lowest BCUT2D eigenvalue weighted by Crippen LogP contribution is -1.97. The van der Waals surface area contributed by atoms with E-state index < -0.39 is 0 Å². The Morgan fingerprint density at radius 3 is 2.64 bits per heavy atom. The number of hydrogen-bond acceptors (Lipinski definition) is 2. The number of benzene rings is 3. The third-order valence-electron chi connectivity index (χ3n) is 3.71. The number of ether oxygens (including phenoxy) is 1. The van der Waals surface area contributed by atoms with Crippen LogP contribution in [0.2, 0.25) is 0 Å². The van der Waals surface area contributed by atoms with Crippen LogP contribution in [0.1, 0.15) is 16.7 Å². The highest BCUT2D eigenvalue weighted by molar-refractivity contribution is 9.10. The second-order valence-electron chi connectivity index (χ2n) is 5.65. The molecule has 0 spiro atoms. The molecule has 3 rings (SSSR count). The molecule has 0 atom stereocenters. The van der Waals surface area contributed by atoms with Gasteiger partial charge in [-0.3, -0.25) is 4.99 Å². The van der Waals surface area contributed by atoms with Crippen LogP contribution in [0.15, 0.2) is 76.2 Å². The second-order valence-corrected chi connectivity index (χ2v) is 6.51. The highest BCUT2D eigenvalue weighted by Gasteiger charge is 2.03. The van der Waals surface area contributed by atoms with Gasteiger partial charge >= 0.3 is 0 Å². The Hall–Kier alpha value is -2.46. The minimum Gasteiger partial charge on any atom is -0.488 e. The predicted molar refractivity (Wildman–Crippen MR) is 103 cm³/mol. The van der Waals surface area contributed by atoms with Gasteiger partial charge in [-0.05, 0) is 75.9 Å². The van der Waals surface area contributed by atoms with Gasteiger partial charge < -0.3 is 4.74 Å². The fraction of sp³-hybridized carbons (Fsp3) is 0.0952. The van der Waals surface area contributed by atoms with E-state index in [9.17, 15) is 4.39 Å². The highest BCUT2D eigenvalue weighted by atomic mass is 79.9. The number of halogens is 2. The first kappa shape index (κ1) is 17.4. The van der Waals surface area contributed by atoms with Gasteiger partial charge in [0.05, 0.1) is 10.2 Å². The molecule has 126 valence electrons. The van der Waals surface area contributed by atoms with Crippen LogP contribution < -0.4 is 4.74 Å². The zero-order valence-electron chi connectivity index (χ0n) is 13.7. The lowest BCUT2D eigenvalue weighted by atomic mass is 10.2. The third kappa shape index (κ3) is 4.77. The van der Waals surface area contributed by atoms with Crippen LogP contribution in [0, 0.1) is 12.7 Å². The summed E-state index contributed by atoms with van der Waals surface area (Å²) in [7, 11) is 0. The zero-order valence-corrected chi connectivity index (χ0v) is 15.3. The lowest BCUT2D eigenvalue weighted by Gasteiger charge is -2.09. The summed E-state index contributed by atoms with van der Waals surface area (Å²) < 4.78 is 19.8. The largest absolute Gasteiger partial charge is 0.488 e. The molecule has 0 heterocycles. The van der Waals surface area contributed by atoms with E-state index in [2.05, 4.69) is 20.9 Å². The van der Waals surface area contributed by atoms with E-state index in [0.29, 0.717) is 12.4 Å². The summed E-state index contributed by atoms with van der Waals surface area (Å²) in [4.78, 5) is 4.52. The van der Waals surface area contributed by atoms with E-state index in [-0.39, 0.29) is 5.82 Å². The molecule has 25 heavy (non-hydrogen) atoms. The quantitative estimate of drug-likeness (QED) is 0.467. The van der Waals surface area contributed by atoms with Crippen molar-refractivity contribution in [3.8, 4) is 5.75 Å². The van der Waals surface area contributed by atoms with E-state index in [4.69, 9.17) is 4.74 Å². The maximum absolute atomic E-state index is 13.2. The van der Waals surface area contributed by atoms with E-state index in [1.165, 1.54) is 12.1 Å². The van der Waals surface area contributed by atoms with Crippen molar-refractivity contribution in [2.24, 2.45) is 4.99 Å². The van der Waals surface area contributed by atoms with Gasteiger partial charge in [-0.2, -0.15) is 0 Å². The fourth-order valence-corrected chi connectivity index (χ4v) is 2.87. The van der Waals surface area contributed by atoms with Gasteiger partial charge in [-0.15, -0.1) is 0 Å². The van der Waals surface area contributed by atoms with Crippen molar-refractivity contribution in [3.63, 3.8) is 0 Å². The summed E-state index contributed by atoms with van der Waals surface area (Å²) in [5, 5.41) is 0. The standard InChI is InChI=1S/C21H17BrFNO/c1-15-5-2-3-8-20(15)24-13-16-9-10-21(19(22)12-16)25-14-17-6-4-7-18(23)11-17/h2-13H,14H2,1H3. The minimum atomic E-state index is -0.261. The molecule has 0 aliphatic heterocycles. The molecule has 2 nitrogen and oxygen atoms in total. The molecule has 0 aliphatic rings. The Labute approximate surface area is 155 Å². The normalized spacial score (nSPS) is 11.0. The van der Waals surface area contributed by atoms with Crippen LogP contribution in [0.25, 0.3) is 0 Å². The molecule has 0 radical (unpaired) electrons. The maximum atomic E-state index is 13.2. The number of aliphatic imine (C=N–C) groups is 1. The predicted octanol–water partition coefficient (Wildman–Crippen LogP) is 6.23. The van der Waals surface area contributed by atoms with Crippen molar-refractivity contribution in [3.05, 3.63) is 93.7 Å². The molecule has 0 N–H and O–H groups in total. The van der Waals surface area contributed by atoms with Crippen molar-refractivity contribution < 1.29 is 9.13 Å². The molecular formula is C21H17BrFNO. The van der Waals surface area contributed by atoms with Crippen LogP contribution in [-0.4, -0.2) is 6.21 Å². The Morgan fingerprint density at radius 1 is 1.04 bits per heavy atom. The molecule has 3 aromatic carbocycles. The molecule has 0 aromatic heterocycles. The van der Waals surface area contributed by atoms with Gasteiger partial charge in [0, 0.05) is 6.21 Å². The topological polar surface area (TPSA) is 21.6 Å². The SMILES string of the molecule is Cc1ccccc1N=Cc1ccc(OCc2cccc(F)c2)c(Br)c1. The van der Waals surface area contributed by atoms with Crippen LogP contribution >= 0.6 is 15.9 Å². The first-order chi connectivity index (χ1) is 12.1. The number of hydrogen-bond donors (Lipinski definition) is 0. The Balaban J connectivity index is 1.69. The number of para-hydroxylation sites is 1. The minimum absolute atomic E-state index is 0.261. The lowest BCUT2D eigenvalue weighted by molar-refractivity contribution is 0.303. The van der Waals surface area contributed by atoms with Crippen molar-refractivity contribution in [1.29, 1.82) is 0 Å². The zero-order chi connectivity index (χ0) is 17.6. The number of nitrogens with zero attached hydrogens (tertiary/aromatic N) is 1. The van der Waals surface area contributed by atoms with E-state index in [0.717, 1.165) is 26.9 Å². The maximum Gasteiger partial charge on any atom is 0.134 e. The van der Waals surface area contributed by atoms with Crippen LogP contribution in [0.4, 0.5) is 10.1 Å². The van der Waals surface area contributed by atoms with Gasteiger partial charge in [-0.25, -0.2) is 4.39 Å². The first-order valence-electron chi connectivity index (χ1n) is 7.88. The van der Waals surface area contributed by atoms with E-state index in [1.54, 1.807) is 6.07 Å². The summed E-state index contributed by atoms with van der Waals surface area (Å²) in [6.07, 6.45) is 1.82. The summed E-state index contributed by atoms with van der Waals surface area (Å²) in [5.74, 6) is 0.445. The van der Waals surface area contributed by atoms with Gasteiger partial charge in [0.1, 0.15) is 18.2 Å². The average molecular weight is 398 g/mol. The monoisotopic (exact) mass is 397 g/mol. The van der Waals surface area contributed by atoms with E-state index >= 15 is 0 Å². The molecule has 0 unspecified atom stereocenters. The number of rotatable bonds is 5. The number of aryl methyl sites for hydroxylation is 1. The molecule has 0 fully saturated rings. The van der Waals surface area contributed by atoms with Crippen LogP contribution in [0.3, 0.4) is 0 Å². The molecule has 3 aromatic rings. The summed E-state index contributed by atoms with van der Waals surface area (Å²) in [6, 6.07) is 20.1. The Morgan fingerprint density at radius 2 is 1.88 bits per heavy atom. The third-order valence-corrected chi connectivity index (χ3v) is 4.33. The molecular weight excluding hydrogens is 381 g/mol. The van der Waals surface area contributed by atoms with Crippen molar-refractivity contribution in [1.82, 2.24) is 0 Å². The van der Waals surface area contributed by atoms with Gasteiger partial charge in [0.2, 0.25) is 0 Å². The fourth-order valence-electron chi connectivity index (χ4n) is 2.35. The Bertz CT molecular complexity index is 908. The van der Waals surface area contributed by atoms with E-state index in [1.807, 2.05) is 61.7 Å². The molecule has 0 aliphatic carbocycles. The smallest absolute Gasteiger partial charge is 0.134 e. The molecule has 0 amide bonds. The van der Waals surface area contributed by atoms with Gasteiger partial charge in [-0.1, -0.05) is 30.3 Å². The second kappa shape index (κ2) is 8.08. The van der Waals surface area contributed by atoms with Crippen LogP contribution in [-0.2, 0) is 6.61 Å². The van der Waals surface area contributed by atoms with Crippen molar-refractivity contribution in [2.75, 3.05) is 0 Å². The van der Waals surface area contributed by atoms with Gasteiger partial charge in [0.15, 0.2) is 0 Å². The summed E-state index contributed by atoms with van der Waals surface area (Å²) in [5.41, 5.74) is 3.84. The average Bonchev–Trinajstić information content (AvgIpc) is 2.60. The van der Waals surface area contributed by atoms with Crippen LogP contribution in [0.5, 0.6) is 5.75 Å².